The van der Waals surface area contributed by atoms with Crippen LogP contribution in [0.15, 0.2) is 103 Å². The van der Waals surface area contributed by atoms with Gasteiger partial charge in [0.1, 0.15) is 11.5 Å². The van der Waals surface area contributed by atoms with Crippen LogP contribution in [0.2, 0.25) is 0 Å². The molecular weight excluding hydrogens is 595 g/mol. The summed E-state index contributed by atoms with van der Waals surface area (Å²) in [6, 6.07) is 26.5. The zero-order valence-electron chi connectivity index (χ0n) is 24.1. The maximum atomic E-state index is 15.2. The fourth-order valence-electron chi connectivity index (χ4n) is 4.63. The second kappa shape index (κ2) is 14.4. The molecule has 0 spiro atoms. The Balaban J connectivity index is 1.32. The van der Waals surface area contributed by atoms with Crippen LogP contribution in [0.4, 0.5) is 10.1 Å². The number of pyridine rings is 1. The van der Waals surface area contributed by atoms with E-state index in [-0.39, 0.29) is 46.9 Å². The summed E-state index contributed by atoms with van der Waals surface area (Å²) in [5.41, 5.74) is 2.52. The quantitative estimate of drug-likeness (QED) is 0.146. The number of fused-ring (bicyclic) bond motifs is 1. The van der Waals surface area contributed by atoms with Crippen LogP contribution in [-0.2, 0) is 11.2 Å². The number of hydrogen-bond donors (Lipinski definition) is 4. The van der Waals surface area contributed by atoms with Gasteiger partial charge in [-0.15, -0.1) is 0 Å². The number of halogens is 1. The number of aromatic nitrogens is 1. The number of carbonyl (C=O) groups excluding carboxylic acids is 2. The lowest BCUT2D eigenvalue weighted by Gasteiger charge is -2.18. The van der Waals surface area contributed by atoms with Crippen LogP contribution in [0.25, 0.3) is 10.9 Å². The standard InChI is InChI=1S/C34H29FN4O5S/c1-43-31-19-27-24(18-25(31)33(42)38-28(20-40)22-10-6-3-7-11-22)29(14-15-36-27)44-30-13-12-23(17-26(30)35)37-34(45)39-32(41)16-21-8-4-2-5-9-21/h2-15,17-19,28,40H,16,20H2,1H3,(H,38,42)(H2,37,39,41,45)/t28-/m1/s1. The molecule has 0 unspecified atom stereocenters. The van der Waals surface area contributed by atoms with Crippen molar-refractivity contribution in [2.45, 2.75) is 12.5 Å². The average molecular weight is 625 g/mol. The monoisotopic (exact) mass is 624 g/mol. The number of ether oxygens (including phenoxy) is 2. The lowest BCUT2D eigenvalue weighted by Crippen LogP contribution is -2.35. The number of carbonyl (C=O) groups is 2. The van der Waals surface area contributed by atoms with Crippen molar-refractivity contribution in [2.75, 3.05) is 19.0 Å². The van der Waals surface area contributed by atoms with E-state index < -0.39 is 17.8 Å². The Labute approximate surface area is 264 Å². The number of aliphatic hydroxyl groups is 1. The highest BCUT2D eigenvalue weighted by atomic mass is 32.1. The predicted molar refractivity (Wildman–Crippen MR) is 173 cm³/mol. The highest BCUT2D eigenvalue weighted by molar-refractivity contribution is 7.80. The van der Waals surface area contributed by atoms with E-state index in [1.165, 1.54) is 25.4 Å². The van der Waals surface area contributed by atoms with Gasteiger partial charge >= 0.3 is 0 Å². The van der Waals surface area contributed by atoms with Gasteiger partial charge in [0, 0.05) is 29.4 Å². The third-order valence-corrected chi connectivity index (χ3v) is 7.03. The Morgan fingerprint density at radius 1 is 0.933 bits per heavy atom. The largest absolute Gasteiger partial charge is 0.496 e. The van der Waals surface area contributed by atoms with Crippen LogP contribution in [0, 0.1) is 5.82 Å². The Kier molecular flexibility index (Phi) is 9.93. The van der Waals surface area contributed by atoms with Crippen molar-refractivity contribution in [3.05, 3.63) is 126 Å². The van der Waals surface area contributed by atoms with Crippen LogP contribution >= 0.6 is 12.2 Å². The summed E-state index contributed by atoms with van der Waals surface area (Å²) in [5, 5.41) is 18.6. The van der Waals surface area contributed by atoms with Gasteiger partial charge in [0.25, 0.3) is 5.91 Å². The topological polar surface area (TPSA) is 122 Å². The number of amides is 2. The lowest BCUT2D eigenvalue weighted by molar-refractivity contribution is -0.119. The van der Waals surface area contributed by atoms with Crippen molar-refractivity contribution in [2.24, 2.45) is 0 Å². The van der Waals surface area contributed by atoms with E-state index in [4.69, 9.17) is 21.7 Å². The smallest absolute Gasteiger partial charge is 0.255 e. The molecule has 4 N–H and O–H groups in total. The van der Waals surface area contributed by atoms with Crippen LogP contribution in [0.5, 0.6) is 17.2 Å². The zero-order chi connectivity index (χ0) is 31.8. The summed E-state index contributed by atoms with van der Waals surface area (Å²) in [6.45, 7) is -0.309. The van der Waals surface area contributed by atoms with E-state index in [9.17, 15) is 14.7 Å². The highest BCUT2D eigenvalue weighted by Gasteiger charge is 2.21. The van der Waals surface area contributed by atoms with E-state index in [1.807, 2.05) is 48.5 Å². The molecule has 1 aromatic heterocycles. The average Bonchev–Trinajstić information content (AvgIpc) is 3.05. The van der Waals surface area contributed by atoms with Gasteiger partial charge in [-0.2, -0.15) is 0 Å². The second-order valence-corrected chi connectivity index (χ2v) is 10.3. The van der Waals surface area contributed by atoms with Crippen LogP contribution in [0.1, 0.15) is 27.5 Å². The zero-order valence-corrected chi connectivity index (χ0v) is 24.9. The summed E-state index contributed by atoms with van der Waals surface area (Å²) >= 11 is 5.22. The van der Waals surface area contributed by atoms with Crippen molar-refractivity contribution >= 4 is 45.7 Å². The summed E-state index contributed by atoms with van der Waals surface area (Å²) in [5.74, 6) is -1.05. The number of benzene rings is 4. The van der Waals surface area contributed by atoms with Gasteiger partial charge in [-0.1, -0.05) is 60.7 Å². The molecule has 1 heterocycles. The minimum Gasteiger partial charge on any atom is -0.496 e. The summed E-state index contributed by atoms with van der Waals surface area (Å²) in [4.78, 5) is 30.0. The van der Waals surface area contributed by atoms with E-state index in [2.05, 4.69) is 20.9 Å². The van der Waals surface area contributed by atoms with Gasteiger partial charge in [0.2, 0.25) is 5.91 Å². The molecule has 1 atom stereocenters. The molecule has 0 aliphatic rings. The first kappa shape index (κ1) is 31.0. The minimum atomic E-state index is -0.691. The first-order valence-electron chi connectivity index (χ1n) is 13.9. The molecule has 5 rings (SSSR count). The van der Waals surface area contributed by atoms with Crippen LogP contribution in [0.3, 0.4) is 0 Å². The lowest BCUT2D eigenvalue weighted by atomic mass is 10.1. The summed E-state index contributed by atoms with van der Waals surface area (Å²) < 4.78 is 26.6. The maximum Gasteiger partial charge on any atom is 0.255 e. The maximum absolute atomic E-state index is 15.2. The second-order valence-electron chi connectivity index (χ2n) is 9.91. The van der Waals surface area contributed by atoms with Crippen molar-refractivity contribution in [3.63, 3.8) is 0 Å². The van der Waals surface area contributed by atoms with E-state index >= 15 is 4.39 Å². The fraction of sp³-hybridized carbons (Fsp3) is 0.118. The molecule has 228 valence electrons. The van der Waals surface area contributed by atoms with Gasteiger partial charge in [-0.05, 0) is 47.6 Å². The van der Waals surface area contributed by atoms with Crippen LogP contribution in [-0.4, -0.2) is 40.7 Å². The Morgan fingerprint density at radius 2 is 1.67 bits per heavy atom. The fourth-order valence-corrected chi connectivity index (χ4v) is 4.87. The number of hydrogen-bond acceptors (Lipinski definition) is 7. The van der Waals surface area contributed by atoms with E-state index in [1.54, 1.807) is 36.4 Å². The first-order valence-corrected chi connectivity index (χ1v) is 14.3. The first-order chi connectivity index (χ1) is 21.8. The highest BCUT2D eigenvalue weighted by Crippen LogP contribution is 2.35. The molecule has 9 nitrogen and oxygen atoms in total. The number of rotatable bonds is 10. The van der Waals surface area contributed by atoms with E-state index in [0.717, 1.165) is 11.1 Å². The molecule has 0 fully saturated rings. The Hall–Kier alpha value is -5.39. The number of methoxy groups -OCH3 is 1. The van der Waals surface area contributed by atoms with Gasteiger partial charge in [-0.3, -0.25) is 14.6 Å². The third-order valence-electron chi connectivity index (χ3n) is 6.83. The molecule has 0 aliphatic heterocycles. The Morgan fingerprint density at radius 3 is 2.36 bits per heavy atom. The number of anilines is 1. The molecule has 5 aromatic rings. The van der Waals surface area contributed by atoms with Gasteiger partial charge in [0.15, 0.2) is 16.7 Å². The van der Waals surface area contributed by atoms with Crippen molar-refractivity contribution in [3.8, 4) is 17.2 Å². The number of nitrogens with one attached hydrogen (secondary N) is 3. The normalized spacial score (nSPS) is 11.4. The molecule has 2 amide bonds. The molecule has 0 bridgehead atoms. The molecule has 0 saturated carbocycles. The number of nitrogens with zero attached hydrogens (tertiary/aromatic N) is 1. The summed E-state index contributed by atoms with van der Waals surface area (Å²) in [6.07, 6.45) is 1.65. The Bertz CT molecular complexity index is 1840. The molecule has 0 saturated heterocycles. The van der Waals surface area contributed by atoms with Gasteiger partial charge in [-0.25, -0.2) is 4.39 Å². The van der Waals surface area contributed by atoms with Crippen LogP contribution < -0.4 is 25.4 Å². The molecule has 45 heavy (non-hydrogen) atoms. The van der Waals surface area contributed by atoms with E-state index in [0.29, 0.717) is 16.6 Å². The predicted octanol–water partition coefficient (Wildman–Crippen LogP) is 5.69. The molecule has 0 radical (unpaired) electrons. The van der Waals surface area contributed by atoms with Crippen molar-refractivity contribution < 1.29 is 28.6 Å². The minimum absolute atomic E-state index is 0.0274. The molecule has 0 aliphatic carbocycles. The van der Waals surface area contributed by atoms with Gasteiger partial charge in [0.05, 0.1) is 37.3 Å². The molecular formula is C34H29FN4O5S. The number of thiocarbonyl (C=S) groups is 1. The molecule has 4 aromatic carbocycles. The SMILES string of the molecule is COc1cc2nccc(Oc3ccc(NC(=S)NC(=O)Cc4ccccc4)cc3F)c2cc1C(=O)N[C@H](CO)c1ccccc1. The van der Waals surface area contributed by atoms with Gasteiger partial charge < -0.3 is 30.5 Å². The molecule has 11 heteroatoms. The third kappa shape index (κ3) is 7.77. The number of aliphatic hydroxyl groups excluding tert-OH is 1. The van der Waals surface area contributed by atoms with Crippen molar-refractivity contribution in [1.29, 1.82) is 0 Å². The summed E-state index contributed by atoms with van der Waals surface area (Å²) in [7, 11) is 1.43. The van der Waals surface area contributed by atoms with Crippen molar-refractivity contribution in [1.82, 2.24) is 15.6 Å².